The van der Waals surface area contributed by atoms with Crippen molar-refractivity contribution in [1.29, 1.82) is 0 Å². The highest BCUT2D eigenvalue weighted by molar-refractivity contribution is 6.32. The van der Waals surface area contributed by atoms with Gasteiger partial charge in [0.1, 0.15) is 6.54 Å². The molecule has 0 aromatic heterocycles. The lowest BCUT2D eigenvalue weighted by Gasteiger charge is -2.27. The lowest BCUT2D eigenvalue weighted by molar-refractivity contribution is -0.438. The molecule has 0 saturated carbocycles. The number of fused-ring (bicyclic) bond motifs is 2. The van der Waals surface area contributed by atoms with Gasteiger partial charge < -0.3 is 15.1 Å². The predicted molar refractivity (Wildman–Crippen MR) is 182 cm³/mol. The van der Waals surface area contributed by atoms with Gasteiger partial charge >= 0.3 is 11.9 Å². The molecule has 6 nitrogen and oxygen atoms in total. The number of aliphatic carboxylic acids is 2. The summed E-state index contributed by atoms with van der Waals surface area (Å²) in [5.74, 6) is -1.55. The van der Waals surface area contributed by atoms with Gasteiger partial charge in [0, 0.05) is 58.9 Å². The van der Waals surface area contributed by atoms with Crippen molar-refractivity contribution in [3.05, 3.63) is 106 Å². The summed E-state index contributed by atoms with van der Waals surface area (Å²) in [6.45, 7) is 10.2. The highest BCUT2D eigenvalue weighted by atomic mass is 35.5. The molecule has 2 heterocycles. The summed E-state index contributed by atoms with van der Waals surface area (Å²) in [4.78, 5) is 24.8. The van der Waals surface area contributed by atoms with Gasteiger partial charge in [0.25, 0.3) is 0 Å². The minimum atomic E-state index is -0.777. The molecule has 5 rings (SSSR count). The van der Waals surface area contributed by atoms with E-state index in [0.29, 0.717) is 25.9 Å². The predicted octanol–water partition coefficient (Wildman–Crippen LogP) is 8.63. The normalized spacial score (nSPS) is 20.4. The molecule has 2 aromatic rings. The summed E-state index contributed by atoms with van der Waals surface area (Å²) in [7, 11) is 0. The fraction of sp³-hybridized carbons (Fsp3) is 0.395. The van der Waals surface area contributed by atoms with Crippen molar-refractivity contribution in [2.75, 3.05) is 18.0 Å². The zero-order valence-corrected chi connectivity index (χ0v) is 27.5. The van der Waals surface area contributed by atoms with Gasteiger partial charge in [-0.15, -0.1) is 0 Å². The molecule has 0 bridgehead atoms. The Balaban J connectivity index is 1.47. The fourth-order valence-electron chi connectivity index (χ4n) is 7.11. The van der Waals surface area contributed by atoms with Crippen LogP contribution in [0, 0.1) is 0 Å². The number of hydrogen-bond donors (Lipinski definition) is 2. The van der Waals surface area contributed by atoms with E-state index in [4.69, 9.17) is 11.6 Å². The molecule has 7 heteroatoms. The molecule has 0 unspecified atom stereocenters. The second kappa shape index (κ2) is 13.2. The van der Waals surface area contributed by atoms with Crippen molar-refractivity contribution in [3.8, 4) is 0 Å². The van der Waals surface area contributed by atoms with E-state index >= 15 is 0 Å². The number of anilines is 1. The van der Waals surface area contributed by atoms with Crippen molar-refractivity contribution in [3.63, 3.8) is 0 Å². The first-order valence-electron chi connectivity index (χ1n) is 16.0. The number of halogens is 1. The van der Waals surface area contributed by atoms with E-state index in [2.05, 4.69) is 97.9 Å². The third kappa shape index (κ3) is 6.57. The van der Waals surface area contributed by atoms with E-state index in [9.17, 15) is 19.8 Å². The van der Waals surface area contributed by atoms with Crippen molar-refractivity contribution >= 4 is 40.6 Å². The first kappa shape index (κ1) is 32.5. The van der Waals surface area contributed by atoms with Crippen LogP contribution in [0.4, 0.5) is 11.4 Å². The van der Waals surface area contributed by atoms with Crippen LogP contribution in [0.15, 0.2) is 94.7 Å². The van der Waals surface area contributed by atoms with Crippen molar-refractivity contribution < 1.29 is 24.4 Å². The average Bonchev–Trinajstić information content (AvgIpc) is 3.34. The second-order valence-electron chi connectivity index (χ2n) is 13.2. The molecular formula is C38H44ClN2O4+. The second-order valence-corrected chi connectivity index (χ2v) is 13.6. The number of carboxylic acid groups (broad SMARTS) is 2. The summed E-state index contributed by atoms with van der Waals surface area (Å²) in [6.07, 6.45) is 12.9. The quantitative estimate of drug-likeness (QED) is 0.244. The molecule has 0 spiro atoms. The molecule has 2 aliphatic heterocycles. The monoisotopic (exact) mass is 627 g/mol. The molecule has 236 valence electrons. The van der Waals surface area contributed by atoms with Gasteiger partial charge in [0.05, 0.1) is 11.8 Å². The molecule has 2 N–H and O–H groups in total. The van der Waals surface area contributed by atoms with Gasteiger partial charge in [-0.2, -0.15) is 4.58 Å². The van der Waals surface area contributed by atoms with Crippen LogP contribution in [0.5, 0.6) is 0 Å². The van der Waals surface area contributed by atoms with Gasteiger partial charge in [-0.1, -0.05) is 74.0 Å². The summed E-state index contributed by atoms with van der Waals surface area (Å²) < 4.78 is 2.27. The van der Waals surface area contributed by atoms with Crippen molar-refractivity contribution in [2.45, 2.75) is 83.5 Å². The number of para-hydroxylation sites is 2. The van der Waals surface area contributed by atoms with Crippen LogP contribution in [0.3, 0.4) is 0 Å². The molecular weight excluding hydrogens is 584 g/mol. The molecule has 45 heavy (non-hydrogen) atoms. The maximum Gasteiger partial charge on any atom is 0.303 e. The summed E-state index contributed by atoms with van der Waals surface area (Å²) in [6, 6.07) is 16.8. The molecule has 1 aliphatic carbocycles. The Morgan fingerprint density at radius 2 is 1.53 bits per heavy atom. The largest absolute Gasteiger partial charge is 0.481 e. The van der Waals surface area contributed by atoms with Crippen LogP contribution in [-0.2, 0) is 20.4 Å². The zero-order chi connectivity index (χ0) is 32.4. The Bertz CT molecular complexity index is 1660. The smallest absolute Gasteiger partial charge is 0.303 e. The average molecular weight is 628 g/mol. The summed E-state index contributed by atoms with van der Waals surface area (Å²) in [5, 5.41) is 19.3. The van der Waals surface area contributed by atoms with Crippen LogP contribution < -0.4 is 4.90 Å². The molecule has 0 atom stereocenters. The molecule has 2 aromatic carbocycles. The minimum absolute atomic E-state index is 0.135. The van der Waals surface area contributed by atoms with Crippen LogP contribution in [0.1, 0.15) is 83.8 Å². The Morgan fingerprint density at radius 1 is 0.867 bits per heavy atom. The summed E-state index contributed by atoms with van der Waals surface area (Å²) in [5.41, 5.74) is 8.79. The first-order chi connectivity index (χ1) is 21.4. The van der Waals surface area contributed by atoms with Gasteiger partial charge in [-0.3, -0.25) is 9.59 Å². The topological polar surface area (TPSA) is 80.9 Å². The van der Waals surface area contributed by atoms with Crippen LogP contribution in [-0.4, -0.2) is 45.5 Å². The number of carboxylic acids is 2. The van der Waals surface area contributed by atoms with Crippen LogP contribution >= 0.6 is 11.6 Å². The fourth-order valence-corrected chi connectivity index (χ4v) is 7.42. The van der Waals surface area contributed by atoms with E-state index < -0.39 is 11.9 Å². The number of benzene rings is 2. The van der Waals surface area contributed by atoms with E-state index in [1.807, 2.05) is 12.1 Å². The number of carbonyl (C=O) groups is 2. The zero-order valence-electron chi connectivity index (χ0n) is 26.8. The van der Waals surface area contributed by atoms with Gasteiger partial charge in [-0.25, -0.2) is 0 Å². The lowest BCUT2D eigenvalue weighted by atomic mass is 9.81. The van der Waals surface area contributed by atoms with E-state index in [1.165, 1.54) is 11.1 Å². The number of nitrogens with zero attached hydrogens (tertiary/aromatic N) is 2. The maximum atomic E-state index is 11.3. The number of hydrogen-bond acceptors (Lipinski definition) is 3. The number of rotatable bonds is 11. The van der Waals surface area contributed by atoms with Gasteiger partial charge in [0.2, 0.25) is 5.69 Å². The Morgan fingerprint density at radius 3 is 2.27 bits per heavy atom. The standard InChI is InChI=1S/C38H43ClN2O4/c1-37(2)28-14-5-7-16-30(28)40(24-10-18-34(42)43)32(37)22-20-26-12-9-13-27(36(26)39)21-23-33-38(3,4)29-15-6-8-17-31(29)41(33)25-11-19-35(44)45/h5-8,14-17,20-23H,9-13,18-19,24-25H2,1-4H3,(H-,42,43,44,45)/p+1. The maximum absolute atomic E-state index is 11.3. The third-order valence-corrected chi connectivity index (χ3v) is 9.97. The van der Waals surface area contributed by atoms with Crippen LogP contribution in [0.25, 0.3) is 0 Å². The van der Waals surface area contributed by atoms with E-state index in [0.717, 1.165) is 58.2 Å². The van der Waals surface area contributed by atoms with E-state index in [-0.39, 0.29) is 23.7 Å². The Kier molecular flexibility index (Phi) is 9.54. The molecule has 0 saturated heterocycles. The molecule has 0 radical (unpaired) electrons. The van der Waals surface area contributed by atoms with Crippen molar-refractivity contribution in [1.82, 2.24) is 0 Å². The highest BCUT2D eigenvalue weighted by Gasteiger charge is 2.44. The van der Waals surface area contributed by atoms with Crippen molar-refractivity contribution in [2.24, 2.45) is 0 Å². The minimum Gasteiger partial charge on any atom is -0.481 e. The number of allylic oxidation sites excluding steroid dienone is 8. The van der Waals surface area contributed by atoms with Gasteiger partial charge in [-0.05, 0) is 68.4 Å². The highest BCUT2D eigenvalue weighted by Crippen LogP contribution is 2.48. The summed E-state index contributed by atoms with van der Waals surface area (Å²) >= 11 is 7.11. The Hall–Kier alpha value is -3.90. The first-order valence-corrected chi connectivity index (χ1v) is 16.3. The SMILES string of the molecule is CC1(C)C(=C/C=C2\CCCC(/C=C/C3=[N+](CCCC(=O)O)c4ccccc4C3(C)C)=C2Cl)N(CCCC(=O)O)c2ccccc21. The Labute approximate surface area is 271 Å². The lowest BCUT2D eigenvalue weighted by Crippen LogP contribution is -2.28. The third-order valence-electron chi connectivity index (χ3n) is 9.48. The van der Waals surface area contributed by atoms with Gasteiger partial charge in [0.15, 0.2) is 5.71 Å². The van der Waals surface area contributed by atoms with E-state index in [1.54, 1.807) is 0 Å². The molecule has 0 fully saturated rings. The molecule has 3 aliphatic rings. The van der Waals surface area contributed by atoms with Crippen LogP contribution in [0.2, 0.25) is 0 Å². The molecule has 0 amide bonds.